The highest BCUT2D eigenvalue weighted by Crippen LogP contribution is 2.41. The summed E-state index contributed by atoms with van der Waals surface area (Å²) < 4.78 is 51.8. The predicted molar refractivity (Wildman–Crippen MR) is 68.4 cm³/mol. The molecule has 1 aromatic carbocycles. The number of hydrogen-bond acceptors (Lipinski definition) is 2. The van der Waals surface area contributed by atoms with Crippen molar-refractivity contribution in [3.63, 3.8) is 0 Å². The molecule has 0 amide bonds. The third-order valence-electron chi connectivity index (χ3n) is 3.74. The van der Waals surface area contributed by atoms with Gasteiger partial charge in [-0.1, -0.05) is 0 Å². The molecule has 6 heteroatoms. The monoisotopic (exact) mass is 290 g/mol. The molecule has 1 aromatic rings. The van der Waals surface area contributed by atoms with Gasteiger partial charge < -0.3 is 4.48 Å². The molecule has 19 heavy (non-hydrogen) atoms. The standard InChI is InChI=1S/C13H18F2NO2S/c1-8-5-12(16(2,3)4)9-6-10(14)11(15)7-13(9)19(8,17)18/h6-8,12H,5H2,1-4H3/q+1. The van der Waals surface area contributed by atoms with E-state index in [4.69, 9.17) is 0 Å². The zero-order valence-corrected chi connectivity index (χ0v) is 12.3. The van der Waals surface area contributed by atoms with Gasteiger partial charge in [-0.05, 0) is 19.1 Å². The molecule has 2 rings (SSSR count). The number of quaternary nitrogens is 1. The van der Waals surface area contributed by atoms with Crippen molar-refractivity contribution in [2.24, 2.45) is 0 Å². The summed E-state index contributed by atoms with van der Waals surface area (Å²) in [6, 6.07) is 1.68. The van der Waals surface area contributed by atoms with Gasteiger partial charge in [0, 0.05) is 12.0 Å². The summed E-state index contributed by atoms with van der Waals surface area (Å²) in [6.07, 6.45) is 0.407. The van der Waals surface area contributed by atoms with E-state index >= 15 is 0 Å². The summed E-state index contributed by atoms with van der Waals surface area (Å²) in [5, 5.41) is -0.591. The molecule has 0 radical (unpaired) electrons. The highest BCUT2D eigenvalue weighted by atomic mass is 32.2. The first kappa shape index (κ1) is 14.4. The molecule has 0 fully saturated rings. The molecule has 106 valence electrons. The molecule has 1 aliphatic heterocycles. The topological polar surface area (TPSA) is 34.1 Å². The minimum atomic E-state index is -3.57. The Bertz CT molecular complexity index is 620. The van der Waals surface area contributed by atoms with Gasteiger partial charge in [-0.2, -0.15) is 0 Å². The van der Waals surface area contributed by atoms with Crippen LogP contribution in [-0.2, 0) is 9.84 Å². The van der Waals surface area contributed by atoms with Gasteiger partial charge in [-0.3, -0.25) is 0 Å². The van der Waals surface area contributed by atoms with Crippen molar-refractivity contribution >= 4 is 9.84 Å². The van der Waals surface area contributed by atoms with E-state index in [-0.39, 0.29) is 10.9 Å². The normalized spacial score (nSPS) is 26.0. The Labute approximate surface area is 112 Å². The van der Waals surface area contributed by atoms with Crippen LogP contribution in [-0.4, -0.2) is 39.3 Å². The van der Waals surface area contributed by atoms with Gasteiger partial charge in [0.05, 0.1) is 31.3 Å². The summed E-state index contributed by atoms with van der Waals surface area (Å²) >= 11 is 0. The number of sulfone groups is 1. The summed E-state index contributed by atoms with van der Waals surface area (Å²) in [7, 11) is 2.18. The van der Waals surface area contributed by atoms with Gasteiger partial charge in [0.1, 0.15) is 6.04 Å². The maximum atomic E-state index is 13.4. The van der Waals surface area contributed by atoms with Crippen LogP contribution in [0.2, 0.25) is 0 Å². The lowest BCUT2D eigenvalue weighted by Crippen LogP contribution is -2.44. The van der Waals surface area contributed by atoms with E-state index < -0.39 is 26.7 Å². The van der Waals surface area contributed by atoms with Gasteiger partial charge in [0.2, 0.25) is 0 Å². The van der Waals surface area contributed by atoms with Crippen LogP contribution in [0.3, 0.4) is 0 Å². The minimum absolute atomic E-state index is 0.0665. The summed E-state index contributed by atoms with van der Waals surface area (Å²) in [6.45, 7) is 1.61. The number of hydrogen-bond donors (Lipinski definition) is 0. The van der Waals surface area contributed by atoms with Gasteiger partial charge in [0.25, 0.3) is 0 Å². The molecule has 1 aliphatic rings. The predicted octanol–water partition coefficient (Wildman–Crippen LogP) is 2.28. The number of rotatable bonds is 1. The lowest BCUT2D eigenvalue weighted by atomic mass is 9.98. The fourth-order valence-electron chi connectivity index (χ4n) is 2.57. The molecule has 0 aromatic heterocycles. The first-order chi connectivity index (χ1) is 8.55. The van der Waals surface area contributed by atoms with Crippen LogP contribution in [0.15, 0.2) is 17.0 Å². The molecular formula is C13H18F2NO2S+. The maximum Gasteiger partial charge on any atom is 0.181 e. The van der Waals surface area contributed by atoms with Crippen molar-refractivity contribution in [3.8, 4) is 0 Å². The van der Waals surface area contributed by atoms with E-state index in [9.17, 15) is 17.2 Å². The summed E-state index contributed by atoms with van der Waals surface area (Å²) in [5.74, 6) is -2.11. The quantitative estimate of drug-likeness (QED) is 0.587. The van der Waals surface area contributed by atoms with Crippen molar-refractivity contribution in [2.45, 2.75) is 29.5 Å². The third-order valence-corrected chi connectivity index (χ3v) is 5.96. The van der Waals surface area contributed by atoms with Crippen LogP contribution in [0.4, 0.5) is 8.78 Å². The zero-order chi connectivity index (χ0) is 14.6. The van der Waals surface area contributed by atoms with Crippen molar-refractivity contribution in [2.75, 3.05) is 21.1 Å². The number of benzene rings is 1. The lowest BCUT2D eigenvalue weighted by molar-refractivity contribution is -0.903. The Morgan fingerprint density at radius 1 is 1.16 bits per heavy atom. The van der Waals surface area contributed by atoms with Crippen LogP contribution in [0.25, 0.3) is 0 Å². The van der Waals surface area contributed by atoms with Crippen LogP contribution in [0.1, 0.15) is 24.9 Å². The molecule has 1 heterocycles. The SMILES string of the molecule is CC1CC([N+](C)(C)C)c2cc(F)c(F)cc2S1(=O)=O. The maximum absolute atomic E-state index is 13.4. The Balaban J connectivity index is 2.76. The number of nitrogens with zero attached hydrogens (tertiary/aromatic N) is 1. The van der Waals surface area contributed by atoms with Crippen LogP contribution < -0.4 is 0 Å². The second-order valence-electron chi connectivity index (χ2n) is 6.03. The van der Waals surface area contributed by atoms with E-state index in [0.717, 1.165) is 12.1 Å². The van der Waals surface area contributed by atoms with E-state index in [0.29, 0.717) is 16.5 Å². The molecule has 0 saturated heterocycles. The zero-order valence-electron chi connectivity index (χ0n) is 11.4. The van der Waals surface area contributed by atoms with Gasteiger partial charge in [-0.25, -0.2) is 17.2 Å². The molecule has 0 saturated carbocycles. The Morgan fingerprint density at radius 3 is 2.21 bits per heavy atom. The van der Waals surface area contributed by atoms with Gasteiger partial charge in [-0.15, -0.1) is 0 Å². The molecule has 3 nitrogen and oxygen atoms in total. The van der Waals surface area contributed by atoms with Crippen molar-refractivity contribution < 1.29 is 21.7 Å². The second-order valence-corrected chi connectivity index (χ2v) is 8.36. The van der Waals surface area contributed by atoms with Crippen molar-refractivity contribution in [1.29, 1.82) is 0 Å². The Morgan fingerprint density at radius 2 is 1.68 bits per heavy atom. The van der Waals surface area contributed by atoms with Crippen LogP contribution in [0.5, 0.6) is 0 Å². The average molecular weight is 290 g/mol. The first-order valence-corrected chi connectivity index (χ1v) is 7.63. The highest BCUT2D eigenvalue weighted by molar-refractivity contribution is 7.92. The van der Waals surface area contributed by atoms with Gasteiger partial charge in [0.15, 0.2) is 21.5 Å². The number of fused-ring (bicyclic) bond motifs is 1. The van der Waals surface area contributed by atoms with Crippen LogP contribution >= 0.6 is 0 Å². The molecular weight excluding hydrogens is 272 g/mol. The molecule has 0 bridgehead atoms. The Hall–Kier alpha value is -1.01. The molecule has 0 spiro atoms. The highest BCUT2D eigenvalue weighted by Gasteiger charge is 2.42. The van der Waals surface area contributed by atoms with Gasteiger partial charge >= 0.3 is 0 Å². The fraction of sp³-hybridized carbons (Fsp3) is 0.538. The molecule has 2 unspecified atom stereocenters. The van der Waals surface area contributed by atoms with E-state index in [1.54, 1.807) is 6.92 Å². The minimum Gasteiger partial charge on any atom is -0.325 e. The average Bonchev–Trinajstić information content (AvgIpc) is 2.25. The third kappa shape index (κ3) is 2.27. The first-order valence-electron chi connectivity index (χ1n) is 6.09. The molecule has 2 atom stereocenters. The smallest absolute Gasteiger partial charge is 0.181 e. The largest absolute Gasteiger partial charge is 0.325 e. The summed E-state index contributed by atoms with van der Waals surface area (Å²) in [5.41, 5.74) is 0.379. The second kappa shape index (κ2) is 4.24. The fourth-order valence-corrected chi connectivity index (χ4v) is 4.23. The summed E-state index contributed by atoms with van der Waals surface area (Å²) in [4.78, 5) is -0.0665. The molecule has 0 N–H and O–H groups in total. The van der Waals surface area contributed by atoms with Crippen molar-refractivity contribution in [3.05, 3.63) is 29.3 Å². The Kier molecular flexibility index (Phi) is 3.22. The van der Waals surface area contributed by atoms with Crippen molar-refractivity contribution in [1.82, 2.24) is 0 Å². The van der Waals surface area contributed by atoms with E-state index in [1.807, 2.05) is 21.1 Å². The lowest BCUT2D eigenvalue weighted by Gasteiger charge is -2.39. The van der Waals surface area contributed by atoms with Crippen LogP contribution in [0, 0.1) is 11.6 Å². The van der Waals surface area contributed by atoms with E-state index in [1.165, 1.54) is 0 Å². The van der Waals surface area contributed by atoms with E-state index in [2.05, 4.69) is 0 Å². The molecule has 0 aliphatic carbocycles. The number of halogens is 2.